The van der Waals surface area contributed by atoms with Crippen molar-refractivity contribution in [2.45, 2.75) is 12.6 Å². The summed E-state index contributed by atoms with van der Waals surface area (Å²) in [6.07, 6.45) is -4.73. The molecule has 4 nitrogen and oxygen atoms in total. The molecular weight excluding hydrogens is 347 g/mol. The van der Waals surface area contributed by atoms with Crippen LogP contribution < -0.4 is 9.64 Å². The van der Waals surface area contributed by atoms with Gasteiger partial charge in [0.05, 0.1) is 25.2 Å². The van der Waals surface area contributed by atoms with Crippen LogP contribution in [-0.2, 0) is 22.1 Å². The molecule has 3 rings (SSSR count). The molecule has 0 aromatic heterocycles. The van der Waals surface area contributed by atoms with Crippen molar-refractivity contribution in [2.24, 2.45) is 0 Å². The summed E-state index contributed by atoms with van der Waals surface area (Å²) < 4.78 is 50.1. The van der Waals surface area contributed by atoms with E-state index in [4.69, 9.17) is 9.47 Å². The molecule has 2 aromatic rings. The SMILES string of the molecule is O=C(Cc1cc(N2CCOCC2)cc(C(F)(F)F)c1)Oc1ccccc1. The van der Waals surface area contributed by atoms with Crippen LogP contribution in [0.15, 0.2) is 48.5 Å². The van der Waals surface area contributed by atoms with Crippen molar-refractivity contribution in [2.75, 3.05) is 31.2 Å². The minimum Gasteiger partial charge on any atom is -0.426 e. The zero-order valence-corrected chi connectivity index (χ0v) is 14.0. The molecule has 1 fully saturated rings. The largest absolute Gasteiger partial charge is 0.426 e. The highest BCUT2D eigenvalue weighted by atomic mass is 19.4. The first-order valence-corrected chi connectivity index (χ1v) is 8.21. The van der Waals surface area contributed by atoms with E-state index in [1.165, 1.54) is 0 Å². The van der Waals surface area contributed by atoms with E-state index in [1.807, 2.05) is 4.90 Å². The topological polar surface area (TPSA) is 38.8 Å². The normalized spacial score (nSPS) is 15.0. The Morgan fingerprint density at radius 1 is 1.08 bits per heavy atom. The standard InChI is InChI=1S/C19H18F3NO3/c20-19(21,22)15-10-14(11-16(13-15)23-6-8-25-9-7-23)12-18(24)26-17-4-2-1-3-5-17/h1-5,10-11,13H,6-9,12H2. The number of esters is 1. The number of halogens is 3. The maximum Gasteiger partial charge on any atom is 0.416 e. The molecule has 0 saturated carbocycles. The Labute approximate surface area is 149 Å². The summed E-state index contributed by atoms with van der Waals surface area (Å²) in [6, 6.07) is 12.1. The van der Waals surface area contributed by atoms with Gasteiger partial charge in [0.25, 0.3) is 0 Å². The lowest BCUT2D eigenvalue weighted by Gasteiger charge is -2.29. The number of benzene rings is 2. The molecule has 1 heterocycles. The second kappa shape index (κ2) is 7.78. The summed E-state index contributed by atoms with van der Waals surface area (Å²) in [5.41, 5.74) is -0.0723. The molecule has 0 atom stereocenters. The smallest absolute Gasteiger partial charge is 0.416 e. The van der Waals surface area contributed by atoms with Crippen LogP contribution in [0.5, 0.6) is 5.75 Å². The minimum absolute atomic E-state index is 0.240. The van der Waals surface area contributed by atoms with E-state index in [1.54, 1.807) is 36.4 Å². The lowest BCUT2D eigenvalue weighted by molar-refractivity contribution is -0.138. The Balaban J connectivity index is 1.81. The predicted molar refractivity (Wildman–Crippen MR) is 90.3 cm³/mol. The number of para-hydroxylation sites is 1. The monoisotopic (exact) mass is 365 g/mol. The van der Waals surface area contributed by atoms with Gasteiger partial charge in [-0.25, -0.2) is 0 Å². The second-order valence-corrected chi connectivity index (χ2v) is 5.95. The fourth-order valence-electron chi connectivity index (χ4n) is 2.77. The molecule has 0 N–H and O–H groups in total. The van der Waals surface area contributed by atoms with E-state index in [2.05, 4.69) is 0 Å². The van der Waals surface area contributed by atoms with Crippen LogP contribution >= 0.6 is 0 Å². The fraction of sp³-hybridized carbons (Fsp3) is 0.316. The summed E-state index contributed by atoms with van der Waals surface area (Å²) >= 11 is 0. The third-order valence-corrected chi connectivity index (χ3v) is 4.00. The van der Waals surface area contributed by atoms with Gasteiger partial charge in [-0.1, -0.05) is 18.2 Å². The van der Waals surface area contributed by atoms with E-state index in [0.717, 1.165) is 12.1 Å². The summed E-state index contributed by atoms with van der Waals surface area (Å²) in [5.74, 6) is -0.249. The van der Waals surface area contributed by atoms with Crippen molar-refractivity contribution in [3.8, 4) is 5.75 Å². The Morgan fingerprint density at radius 3 is 2.42 bits per heavy atom. The molecule has 0 spiro atoms. The average molecular weight is 365 g/mol. The first-order valence-electron chi connectivity index (χ1n) is 8.21. The number of carbonyl (C=O) groups excluding carboxylic acids is 1. The summed E-state index contributed by atoms with van der Waals surface area (Å²) in [7, 11) is 0. The minimum atomic E-state index is -4.49. The number of anilines is 1. The lowest BCUT2D eigenvalue weighted by Crippen LogP contribution is -2.36. The highest BCUT2D eigenvalue weighted by Gasteiger charge is 2.32. The lowest BCUT2D eigenvalue weighted by atomic mass is 10.1. The van der Waals surface area contributed by atoms with Crippen LogP contribution in [0.2, 0.25) is 0 Å². The average Bonchev–Trinajstić information content (AvgIpc) is 2.62. The Kier molecular flexibility index (Phi) is 5.46. The number of hydrogen-bond donors (Lipinski definition) is 0. The Hall–Kier alpha value is -2.54. The Morgan fingerprint density at radius 2 is 1.77 bits per heavy atom. The zero-order valence-electron chi connectivity index (χ0n) is 14.0. The summed E-state index contributed by atoms with van der Waals surface area (Å²) in [4.78, 5) is 13.9. The molecule has 2 aromatic carbocycles. The van der Waals surface area contributed by atoms with Gasteiger partial charge in [-0.05, 0) is 35.9 Å². The van der Waals surface area contributed by atoms with Crippen molar-refractivity contribution in [3.63, 3.8) is 0 Å². The summed E-state index contributed by atoms with van der Waals surface area (Å²) in [5, 5.41) is 0. The molecule has 138 valence electrons. The van der Waals surface area contributed by atoms with E-state index in [9.17, 15) is 18.0 Å². The molecule has 1 saturated heterocycles. The number of ether oxygens (including phenoxy) is 2. The molecule has 0 unspecified atom stereocenters. The van der Waals surface area contributed by atoms with Gasteiger partial charge in [0.2, 0.25) is 0 Å². The maximum absolute atomic E-state index is 13.2. The van der Waals surface area contributed by atoms with E-state index < -0.39 is 17.7 Å². The van der Waals surface area contributed by atoms with Crippen molar-refractivity contribution in [1.29, 1.82) is 0 Å². The predicted octanol–water partition coefficient (Wildman–Crippen LogP) is 3.69. The van der Waals surface area contributed by atoms with Gasteiger partial charge in [-0.3, -0.25) is 4.79 Å². The van der Waals surface area contributed by atoms with Crippen LogP contribution in [0, 0.1) is 0 Å². The third-order valence-electron chi connectivity index (χ3n) is 4.00. The van der Waals surface area contributed by atoms with Crippen molar-refractivity contribution < 1.29 is 27.4 Å². The number of nitrogens with zero attached hydrogens (tertiary/aromatic N) is 1. The molecule has 1 aliphatic heterocycles. The molecule has 0 amide bonds. The maximum atomic E-state index is 13.2. The van der Waals surface area contributed by atoms with E-state index >= 15 is 0 Å². The molecule has 0 radical (unpaired) electrons. The van der Waals surface area contributed by atoms with Gasteiger partial charge in [0.15, 0.2) is 0 Å². The van der Waals surface area contributed by atoms with Crippen molar-refractivity contribution in [3.05, 3.63) is 59.7 Å². The Bertz CT molecular complexity index is 756. The molecule has 0 bridgehead atoms. The van der Waals surface area contributed by atoms with Crippen molar-refractivity contribution >= 4 is 11.7 Å². The zero-order chi connectivity index (χ0) is 18.6. The number of hydrogen-bond acceptors (Lipinski definition) is 4. The number of alkyl halides is 3. The van der Waals surface area contributed by atoms with Crippen LogP contribution in [0.25, 0.3) is 0 Å². The molecule has 7 heteroatoms. The van der Waals surface area contributed by atoms with Crippen LogP contribution in [0.1, 0.15) is 11.1 Å². The van der Waals surface area contributed by atoms with Gasteiger partial charge in [0.1, 0.15) is 5.75 Å². The first-order chi connectivity index (χ1) is 12.4. The molecule has 1 aliphatic rings. The summed E-state index contributed by atoms with van der Waals surface area (Å²) in [6.45, 7) is 1.94. The molecular formula is C19H18F3NO3. The number of carbonyl (C=O) groups is 1. The van der Waals surface area contributed by atoms with Crippen LogP contribution in [0.3, 0.4) is 0 Å². The number of morpholine rings is 1. The quantitative estimate of drug-likeness (QED) is 0.612. The van der Waals surface area contributed by atoms with Gasteiger partial charge in [0, 0.05) is 18.8 Å². The van der Waals surface area contributed by atoms with Crippen LogP contribution in [0.4, 0.5) is 18.9 Å². The van der Waals surface area contributed by atoms with Gasteiger partial charge < -0.3 is 14.4 Å². The second-order valence-electron chi connectivity index (χ2n) is 5.95. The van der Waals surface area contributed by atoms with Gasteiger partial charge in [-0.15, -0.1) is 0 Å². The molecule has 26 heavy (non-hydrogen) atoms. The number of rotatable bonds is 4. The highest BCUT2D eigenvalue weighted by molar-refractivity contribution is 5.75. The fourth-order valence-corrected chi connectivity index (χ4v) is 2.77. The first kappa shape index (κ1) is 18.3. The van der Waals surface area contributed by atoms with E-state index in [-0.39, 0.29) is 12.0 Å². The van der Waals surface area contributed by atoms with Crippen molar-refractivity contribution in [1.82, 2.24) is 0 Å². The van der Waals surface area contributed by atoms with Gasteiger partial charge >= 0.3 is 12.1 Å². The highest BCUT2D eigenvalue weighted by Crippen LogP contribution is 2.33. The third kappa shape index (κ3) is 4.76. The van der Waals surface area contributed by atoms with Crippen LogP contribution in [-0.4, -0.2) is 32.3 Å². The van der Waals surface area contributed by atoms with Gasteiger partial charge in [-0.2, -0.15) is 13.2 Å². The van der Waals surface area contributed by atoms with E-state index in [0.29, 0.717) is 37.7 Å². The molecule has 0 aliphatic carbocycles.